The van der Waals surface area contributed by atoms with Crippen LogP contribution >= 0.6 is 23.5 Å². The van der Waals surface area contributed by atoms with Gasteiger partial charge < -0.3 is 15.0 Å². The van der Waals surface area contributed by atoms with Crippen molar-refractivity contribution in [2.45, 2.75) is 24.3 Å². The number of H-pyrrole nitrogens is 1. The summed E-state index contributed by atoms with van der Waals surface area (Å²) in [5.41, 5.74) is 1.23. The molecule has 25 heavy (non-hydrogen) atoms. The van der Waals surface area contributed by atoms with E-state index in [9.17, 15) is 9.59 Å². The Kier molecular flexibility index (Phi) is 7.87. The van der Waals surface area contributed by atoms with E-state index < -0.39 is 0 Å². The van der Waals surface area contributed by atoms with E-state index in [0.717, 1.165) is 23.6 Å². The fourth-order valence-corrected chi connectivity index (χ4v) is 3.44. The molecule has 2 N–H and O–H groups in total. The number of ether oxygens (including phenoxy) is 1. The van der Waals surface area contributed by atoms with Crippen molar-refractivity contribution in [1.82, 2.24) is 9.97 Å². The Hall–Kier alpha value is -1.93. The molecule has 1 aromatic carbocycles. The number of aromatic nitrogens is 2. The number of aromatic amines is 1. The van der Waals surface area contributed by atoms with Gasteiger partial charge in [0, 0.05) is 17.5 Å². The normalized spacial score (nSPS) is 10.5. The van der Waals surface area contributed by atoms with Crippen molar-refractivity contribution in [3.05, 3.63) is 46.4 Å². The standard InChI is InChI=1S/C17H21N3O3S2/c1-3-8-24-10-13-9-15(21)20-17(19-13)25-11-16(22)18-12-4-6-14(23-2)7-5-12/h4-7,9H,3,8,10-11H2,1-2H3,(H,18,22)(H,19,20,21). The number of anilines is 1. The summed E-state index contributed by atoms with van der Waals surface area (Å²) in [7, 11) is 1.59. The van der Waals surface area contributed by atoms with Gasteiger partial charge in [-0.25, -0.2) is 4.98 Å². The number of hydrogen-bond donors (Lipinski definition) is 2. The maximum absolute atomic E-state index is 12.0. The molecule has 0 fully saturated rings. The minimum Gasteiger partial charge on any atom is -0.497 e. The van der Waals surface area contributed by atoms with Gasteiger partial charge in [0.05, 0.1) is 18.6 Å². The van der Waals surface area contributed by atoms with E-state index in [-0.39, 0.29) is 17.2 Å². The average molecular weight is 380 g/mol. The van der Waals surface area contributed by atoms with Crippen LogP contribution in [0, 0.1) is 0 Å². The molecule has 1 heterocycles. The van der Waals surface area contributed by atoms with E-state index in [1.54, 1.807) is 43.1 Å². The molecule has 2 rings (SSSR count). The Morgan fingerprint density at radius 3 is 2.76 bits per heavy atom. The Morgan fingerprint density at radius 2 is 2.08 bits per heavy atom. The highest BCUT2D eigenvalue weighted by molar-refractivity contribution is 7.99. The summed E-state index contributed by atoms with van der Waals surface area (Å²) in [6.45, 7) is 2.11. The fourth-order valence-electron chi connectivity index (χ4n) is 1.95. The number of carbonyl (C=O) groups is 1. The third-order valence-corrected chi connectivity index (χ3v) is 5.16. The zero-order chi connectivity index (χ0) is 18.1. The second-order valence-electron chi connectivity index (χ2n) is 5.16. The molecule has 0 aliphatic heterocycles. The predicted octanol–water partition coefficient (Wildman–Crippen LogP) is 3.15. The Bertz CT molecular complexity index is 748. The van der Waals surface area contributed by atoms with E-state index in [0.29, 0.717) is 16.6 Å². The monoisotopic (exact) mass is 379 g/mol. The molecule has 0 radical (unpaired) electrons. The molecule has 134 valence electrons. The molecule has 0 aliphatic rings. The number of methoxy groups -OCH3 is 1. The van der Waals surface area contributed by atoms with E-state index in [2.05, 4.69) is 22.2 Å². The number of hydrogen-bond acceptors (Lipinski definition) is 6. The van der Waals surface area contributed by atoms with Crippen LogP contribution in [0.1, 0.15) is 19.0 Å². The summed E-state index contributed by atoms with van der Waals surface area (Å²) in [5, 5.41) is 3.26. The number of amides is 1. The molecule has 0 spiro atoms. The first-order chi connectivity index (χ1) is 12.1. The van der Waals surface area contributed by atoms with Gasteiger partial charge in [-0.05, 0) is 36.4 Å². The molecule has 1 amide bonds. The lowest BCUT2D eigenvalue weighted by atomic mass is 10.3. The van der Waals surface area contributed by atoms with Crippen molar-refractivity contribution in [3.63, 3.8) is 0 Å². The topological polar surface area (TPSA) is 84.1 Å². The smallest absolute Gasteiger partial charge is 0.251 e. The zero-order valence-electron chi connectivity index (χ0n) is 14.2. The van der Waals surface area contributed by atoms with Crippen LogP contribution in [0.2, 0.25) is 0 Å². The van der Waals surface area contributed by atoms with Crippen molar-refractivity contribution in [3.8, 4) is 5.75 Å². The Balaban J connectivity index is 1.88. The molecule has 0 saturated carbocycles. The second kappa shape index (κ2) is 10.1. The summed E-state index contributed by atoms with van der Waals surface area (Å²) in [4.78, 5) is 30.8. The number of nitrogens with one attached hydrogen (secondary N) is 2. The predicted molar refractivity (Wildman–Crippen MR) is 104 cm³/mol. The molecule has 0 saturated heterocycles. The Labute approximate surface area is 155 Å². The maximum Gasteiger partial charge on any atom is 0.251 e. The van der Waals surface area contributed by atoms with E-state index in [4.69, 9.17) is 4.74 Å². The molecular weight excluding hydrogens is 358 g/mol. The minimum atomic E-state index is -0.194. The van der Waals surface area contributed by atoms with Gasteiger partial charge in [-0.15, -0.1) is 0 Å². The molecular formula is C17H21N3O3S2. The van der Waals surface area contributed by atoms with Gasteiger partial charge in [0.25, 0.3) is 5.56 Å². The molecule has 6 nitrogen and oxygen atoms in total. The van der Waals surface area contributed by atoms with Crippen LogP contribution < -0.4 is 15.6 Å². The Morgan fingerprint density at radius 1 is 1.32 bits per heavy atom. The van der Waals surface area contributed by atoms with E-state index >= 15 is 0 Å². The van der Waals surface area contributed by atoms with Gasteiger partial charge in [-0.2, -0.15) is 11.8 Å². The first kappa shape index (κ1) is 19.4. The second-order valence-corrected chi connectivity index (χ2v) is 7.23. The lowest BCUT2D eigenvalue weighted by Gasteiger charge is -2.07. The highest BCUT2D eigenvalue weighted by Crippen LogP contribution is 2.17. The molecule has 2 aromatic rings. The van der Waals surface area contributed by atoms with E-state index in [1.807, 2.05) is 0 Å². The number of benzene rings is 1. The zero-order valence-corrected chi connectivity index (χ0v) is 15.8. The summed E-state index contributed by atoms with van der Waals surface area (Å²) in [5.74, 6) is 2.46. The van der Waals surface area contributed by atoms with Crippen molar-refractivity contribution < 1.29 is 9.53 Å². The van der Waals surface area contributed by atoms with Crippen LogP contribution in [0.4, 0.5) is 5.69 Å². The molecule has 8 heteroatoms. The van der Waals surface area contributed by atoms with Gasteiger partial charge >= 0.3 is 0 Å². The van der Waals surface area contributed by atoms with Gasteiger partial charge in [0.1, 0.15) is 5.75 Å². The third-order valence-electron chi connectivity index (χ3n) is 3.09. The SMILES string of the molecule is CCCSCc1cc(=O)[nH]c(SCC(=O)Nc2ccc(OC)cc2)n1. The van der Waals surface area contributed by atoms with Crippen LogP contribution in [0.25, 0.3) is 0 Å². The maximum atomic E-state index is 12.0. The molecule has 0 atom stereocenters. The van der Waals surface area contributed by atoms with Crippen molar-refractivity contribution >= 4 is 35.1 Å². The summed E-state index contributed by atoms with van der Waals surface area (Å²) < 4.78 is 5.08. The average Bonchev–Trinajstić information content (AvgIpc) is 2.60. The van der Waals surface area contributed by atoms with Crippen LogP contribution in [-0.4, -0.2) is 34.5 Å². The molecule has 0 unspecified atom stereocenters. The number of nitrogens with zero attached hydrogens (tertiary/aromatic N) is 1. The van der Waals surface area contributed by atoms with Gasteiger partial charge in [-0.3, -0.25) is 9.59 Å². The summed E-state index contributed by atoms with van der Waals surface area (Å²) >= 11 is 2.95. The highest BCUT2D eigenvalue weighted by Gasteiger charge is 2.07. The van der Waals surface area contributed by atoms with Gasteiger partial charge in [0.2, 0.25) is 5.91 Å². The quantitative estimate of drug-likeness (QED) is 0.396. The number of rotatable bonds is 9. The van der Waals surface area contributed by atoms with Crippen molar-refractivity contribution in [2.24, 2.45) is 0 Å². The van der Waals surface area contributed by atoms with Gasteiger partial charge in [0.15, 0.2) is 5.16 Å². The minimum absolute atomic E-state index is 0.163. The van der Waals surface area contributed by atoms with Crippen LogP contribution in [0.5, 0.6) is 5.75 Å². The largest absolute Gasteiger partial charge is 0.497 e. The summed E-state index contributed by atoms with van der Waals surface area (Å²) in [6, 6.07) is 8.60. The first-order valence-corrected chi connectivity index (χ1v) is 9.99. The van der Waals surface area contributed by atoms with Crippen LogP contribution in [0.3, 0.4) is 0 Å². The van der Waals surface area contributed by atoms with Crippen molar-refractivity contribution in [1.29, 1.82) is 0 Å². The fraction of sp³-hybridized carbons (Fsp3) is 0.353. The molecule has 1 aromatic heterocycles. The number of carbonyl (C=O) groups excluding carboxylic acids is 1. The van der Waals surface area contributed by atoms with Gasteiger partial charge in [-0.1, -0.05) is 18.7 Å². The summed E-state index contributed by atoms with van der Waals surface area (Å²) in [6.07, 6.45) is 1.08. The number of thioether (sulfide) groups is 2. The molecule has 0 bridgehead atoms. The van der Waals surface area contributed by atoms with E-state index in [1.165, 1.54) is 17.8 Å². The first-order valence-electron chi connectivity index (χ1n) is 7.85. The van der Waals surface area contributed by atoms with Crippen LogP contribution in [0.15, 0.2) is 40.3 Å². The highest BCUT2D eigenvalue weighted by atomic mass is 32.2. The molecule has 0 aliphatic carbocycles. The lowest BCUT2D eigenvalue weighted by molar-refractivity contribution is -0.113. The third kappa shape index (κ3) is 6.83. The van der Waals surface area contributed by atoms with Crippen molar-refractivity contribution in [2.75, 3.05) is 23.9 Å². The van der Waals surface area contributed by atoms with Crippen LogP contribution in [-0.2, 0) is 10.5 Å². The lowest BCUT2D eigenvalue weighted by Crippen LogP contribution is -2.15.